The van der Waals surface area contributed by atoms with Crippen molar-refractivity contribution in [3.63, 3.8) is 0 Å². The average Bonchev–Trinajstić information content (AvgIpc) is 2.82. The summed E-state index contributed by atoms with van der Waals surface area (Å²) < 4.78 is 44.3. The molecule has 0 fully saturated rings. The molecule has 0 aliphatic carbocycles. The summed E-state index contributed by atoms with van der Waals surface area (Å²) in [5, 5.41) is 0. The summed E-state index contributed by atoms with van der Waals surface area (Å²) in [6, 6.07) is 2.43. The number of carbonyl (C=O) groups excluding carboxylic acids is 1. The van der Waals surface area contributed by atoms with E-state index in [9.17, 15) is 18.0 Å². The van der Waals surface area contributed by atoms with Crippen LogP contribution in [0.25, 0.3) is 11.0 Å². The van der Waals surface area contributed by atoms with Crippen LogP contribution in [0, 0.1) is 0 Å². The molecule has 114 valence electrons. The first kappa shape index (κ1) is 15.6. The van der Waals surface area contributed by atoms with Crippen LogP contribution in [0.3, 0.4) is 0 Å². The van der Waals surface area contributed by atoms with Crippen molar-refractivity contribution in [3.05, 3.63) is 29.6 Å². The lowest BCUT2D eigenvalue weighted by Crippen LogP contribution is -2.19. The Morgan fingerprint density at radius 3 is 2.67 bits per heavy atom. The third kappa shape index (κ3) is 2.83. The number of methoxy groups -OCH3 is 1. The van der Waals surface area contributed by atoms with Gasteiger partial charge in [0, 0.05) is 0 Å². The molecule has 0 saturated carbocycles. The molecule has 0 spiro atoms. The van der Waals surface area contributed by atoms with Crippen LogP contribution in [0.5, 0.6) is 0 Å². The van der Waals surface area contributed by atoms with Crippen LogP contribution in [-0.4, -0.2) is 22.6 Å². The average molecular weight is 321 g/mol. The van der Waals surface area contributed by atoms with Crippen LogP contribution in [0.4, 0.5) is 13.2 Å². The number of nitrogens with zero attached hydrogens (tertiary/aromatic N) is 2. The molecule has 2 aromatic rings. The lowest BCUT2D eigenvalue weighted by Gasteiger charge is -2.14. The first-order valence-corrected chi connectivity index (χ1v) is 6.55. The summed E-state index contributed by atoms with van der Waals surface area (Å²) in [6.45, 7) is 1.57. The Bertz CT molecular complexity index is 682. The van der Waals surface area contributed by atoms with Gasteiger partial charge in [-0.1, -0.05) is 0 Å². The van der Waals surface area contributed by atoms with Crippen molar-refractivity contribution in [2.45, 2.75) is 25.0 Å². The van der Waals surface area contributed by atoms with Gasteiger partial charge in [0.25, 0.3) is 0 Å². The highest BCUT2D eigenvalue weighted by atomic mass is 35.5. The summed E-state index contributed by atoms with van der Waals surface area (Å²) in [6.07, 6.45) is -4.45. The summed E-state index contributed by atoms with van der Waals surface area (Å²) >= 11 is 5.77. The molecule has 0 bridgehead atoms. The van der Waals surface area contributed by atoms with E-state index in [1.807, 2.05) is 0 Å². The number of ether oxygens (including phenoxy) is 1. The molecule has 0 saturated heterocycles. The molecule has 2 rings (SSSR count). The Labute approximate surface area is 123 Å². The number of carbonyl (C=O) groups is 1. The topological polar surface area (TPSA) is 44.1 Å². The summed E-state index contributed by atoms with van der Waals surface area (Å²) in [4.78, 5) is 15.7. The van der Waals surface area contributed by atoms with Gasteiger partial charge in [0.2, 0.25) is 0 Å². The van der Waals surface area contributed by atoms with Crippen molar-refractivity contribution in [1.29, 1.82) is 0 Å². The van der Waals surface area contributed by atoms with E-state index in [1.165, 1.54) is 17.7 Å². The quantitative estimate of drug-likeness (QED) is 0.642. The van der Waals surface area contributed by atoms with Crippen LogP contribution in [0.1, 0.15) is 24.4 Å². The maximum Gasteiger partial charge on any atom is 0.416 e. The van der Waals surface area contributed by atoms with Crippen molar-refractivity contribution in [3.8, 4) is 0 Å². The van der Waals surface area contributed by atoms with Crippen molar-refractivity contribution < 1.29 is 22.7 Å². The number of imidazole rings is 1. The first-order valence-electron chi connectivity index (χ1n) is 6.01. The highest BCUT2D eigenvalue weighted by Gasteiger charge is 2.31. The Balaban J connectivity index is 2.63. The first-order chi connectivity index (χ1) is 9.79. The molecular formula is C13H12ClF3N2O2. The fraction of sp³-hybridized carbons (Fsp3) is 0.385. The van der Waals surface area contributed by atoms with Gasteiger partial charge in [-0.25, -0.2) is 9.78 Å². The van der Waals surface area contributed by atoms with E-state index in [0.29, 0.717) is 11.3 Å². The van der Waals surface area contributed by atoms with Crippen molar-refractivity contribution in [2.24, 2.45) is 0 Å². The number of halogens is 4. The van der Waals surface area contributed by atoms with Gasteiger partial charge in [-0.3, -0.25) is 0 Å². The highest BCUT2D eigenvalue weighted by molar-refractivity contribution is 6.16. The Kier molecular flexibility index (Phi) is 4.13. The third-order valence-corrected chi connectivity index (χ3v) is 3.38. The second-order valence-electron chi connectivity index (χ2n) is 4.43. The van der Waals surface area contributed by atoms with E-state index < -0.39 is 23.8 Å². The minimum absolute atomic E-state index is 0.0304. The molecule has 1 aromatic heterocycles. The fourth-order valence-corrected chi connectivity index (χ4v) is 2.32. The van der Waals surface area contributed by atoms with E-state index in [4.69, 9.17) is 11.6 Å². The minimum atomic E-state index is -4.45. The molecule has 0 aliphatic heterocycles. The molecule has 8 heteroatoms. The van der Waals surface area contributed by atoms with E-state index in [1.54, 1.807) is 6.92 Å². The van der Waals surface area contributed by atoms with E-state index in [0.717, 1.165) is 12.1 Å². The standard InChI is InChI=1S/C13H12ClF3N2O2/c1-7(12(20)21-2)19-10-4-3-8(13(15,16)17)5-9(10)18-11(19)6-14/h3-5,7H,6H2,1-2H3. The van der Waals surface area contributed by atoms with Crippen molar-refractivity contribution in [1.82, 2.24) is 9.55 Å². The predicted molar refractivity (Wildman–Crippen MR) is 71.0 cm³/mol. The van der Waals surface area contributed by atoms with Crippen molar-refractivity contribution in [2.75, 3.05) is 7.11 Å². The van der Waals surface area contributed by atoms with Crippen LogP contribution in [-0.2, 0) is 21.6 Å². The van der Waals surface area contributed by atoms with E-state index in [-0.39, 0.29) is 11.4 Å². The Hall–Kier alpha value is -1.76. The number of hydrogen-bond acceptors (Lipinski definition) is 3. The Morgan fingerprint density at radius 1 is 1.48 bits per heavy atom. The predicted octanol–water partition coefficient (Wildman–Crippen LogP) is 3.53. The van der Waals surface area contributed by atoms with E-state index in [2.05, 4.69) is 9.72 Å². The lowest BCUT2D eigenvalue weighted by molar-refractivity contribution is -0.144. The van der Waals surface area contributed by atoms with Gasteiger partial charge in [0.05, 0.1) is 29.6 Å². The zero-order chi connectivity index (χ0) is 15.8. The molecule has 0 aliphatic rings. The van der Waals surface area contributed by atoms with Gasteiger partial charge in [-0.15, -0.1) is 11.6 Å². The number of fused-ring (bicyclic) bond motifs is 1. The number of alkyl halides is 4. The lowest BCUT2D eigenvalue weighted by atomic mass is 10.2. The fourth-order valence-electron chi connectivity index (χ4n) is 2.13. The Morgan fingerprint density at radius 2 is 2.14 bits per heavy atom. The molecule has 1 atom stereocenters. The van der Waals surface area contributed by atoms with Crippen molar-refractivity contribution >= 4 is 28.6 Å². The van der Waals surface area contributed by atoms with Crippen LogP contribution < -0.4 is 0 Å². The molecule has 1 unspecified atom stereocenters. The summed E-state index contributed by atoms with van der Waals surface area (Å²) in [5.41, 5.74) is -0.265. The third-order valence-electron chi connectivity index (χ3n) is 3.14. The smallest absolute Gasteiger partial charge is 0.416 e. The number of hydrogen-bond donors (Lipinski definition) is 0. The van der Waals surface area contributed by atoms with Gasteiger partial charge in [0.1, 0.15) is 11.9 Å². The molecule has 0 amide bonds. The van der Waals surface area contributed by atoms with Crippen LogP contribution in [0.15, 0.2) is 18.2 Å². The molecule has 1 heterocycles. The molecule has 4 nitrogen and oxygen atoms in total. The van der Waals surface area contributed by atoms with Gasteiger partial charge < -0.3 is 9.30 Å². The monoisotopic (exact) mass is 320 g/mol. The van der Waals surface area contributed by atoms with Gasteiger partial charge in [-0.2, -0.15) is 13.2 Å². The minimum Gasteiger partial charge on any atom is -0.467 e. The molecule has 1 aromatic carbocycles. The maximum absolute atomic E-state index is 12.7. The number of aromatic nitrogens is 2. The molecule has 0 radical (unpaired) electrons. The van der Waals surface area contributed by atoms with E-state index >= 15 is 0 Å². The largest absolute Gasteiger partial charge is 0.467 e. The molecule has 21 heavy (non-hydrogen) atoms. The van der Waals surface area contributed by atoms with Gasteiger partial charge in [-0.05, 0) is 25.1 Å². The number of benzene rings is 1. The normalized spacial score (nSPS) is 13.4. The summed E-state index contributed by atoms with van der Waals surface area (Å²) in [7, 11) is 1.24. The highest BCUT2D eigenvalue weighted by Crippen LogP contribution is 2.32. The molecule has 0 N–H and O–H groups in total. The molecular weight excluding hydrogens is 309 g/mol. The van der Waals surface area contributed by atoms with Crippen LogP contribution in [0.2, 0.25) is 0 Å². The zero-order valence-electron chi connectivity index (χ0n) is 11.2. The number of rotatable bonds is 3. The summed E-state index contributed by atoms with van der Waals surface area (Å²) in [5.74, 6) is -0.248. The number of esters is 1. The second kappa shape index (κ2) is 5.55. The SMILES string of the molecule is COC(=O)C(C)n1c(CCl)nc2cc(C(F)(F)F)ccc21. The van der Waals surface area contributed by atoms with Crippen LogP contribution >= 0.6 is 11.6 Å². The maximum atomic E-state index is 12.7. The van der Waals surface area contributed by atoms with Gasteiger partial charge >= 0.3 is 12.1 Å². The second-order valence-corrected chi connectivity index (χ2v) is 4.70. The van der Waals surface area contributed by atoms with Gasteiger partial charge in [0.15, 0.2) is 0 Å². The zero-order valence-corrected chi connectivity index (χ0v) is 12.0.